The molecule has 1 aliphatic rings. The van der Waals surface area contributed by atoms with Gasteiger partial charge in [-0.2, -0.15) is 5.26 Å². The highest BCUT2D eigenvalue weighted by molar-refractivity contribution is 5.92. The SMILES string of the molecule is N#Cc1ccc(NCC(=O)N2CCN(CC(=O)Nc3ccccc3)CC2)cc1. The fraction of sp³-hybridized carbons (Fsp3) is 0.286. The molecule has 3 rings (SSSR count). The van der Waals surface area contributed by atoms with Gasteiger partial charge in [-0.25, -0.2) is 0 Å². The summed E-state index contributed by atoms with van der Waals surface area (Å²) in [5.74, 6) is -0.0220. The average Bonchev–Trinajstić information content (AvgIpc) is 2.73. The van der Waals surface area contributed by atoms with Gasteiger partial charge >= 0.3 is 0 Å². The molecule has 2 N–H and O–H groups in total. The van der Waals surface area contributed by atoms with Gasteiger partial charge in [-0.1, -0.05) is 18.2 Å². The number of nitrogens with one attached hydrogen (secondary N) is 2. The Morgan fingerprint density at radius 3 is 2.25 bits per heavy atom. The number of anilines is 2. The molecule has 0 saturated carbocycles. The lowest BCUT2D eigenvalue weighted by atomic mass is 10.2. The van der Waals surface area contributed by atoms with Crippen LogP contribution in [0.1, 0.15) is 5.56 Å². The summed E-state index contributed by atoms with van der Waals surface area (Å²) < 4.78 is 0. The van der Waals surface area contributed by atoms with Crippen LogP contribution < -0.4 is 10.6 Å². The van der Waals surface area contributed by atoms with Crippen molar-refractivity contribution in [1.29, 1.82) is 5.26 Å². The maximum absolute atomic E-state index is 12.4. The number of nitrogens with zero attached hydrogens (tertiary/aromatic N) is 3. The second-order valence-electron chi connectivity index (χ2n) is 6.61. The maximum Gasteiger partial charge on any atom is 0.241 e. The quantitative estimate of drug-likeness (QED) is 0.801. The van der Waals surface area contributed by atoms with Gasteiger partial charge < -0.3 is 15.5 Å². The Bertz CT molecular complexity index is 837. The molecule has 7 heteroatoms. The molecule has 0 radical (unpaired) electrons. The van der Waals surface area contributed by atoms with E-state index in [1.807, 2.05) is 35.2 Å². The van der Waals surface area contributed by atoms with Crippen molar-refractivity contribution in [2.75, 3.05) is 49.9 Å². The molecular weight excluding hydrogens is 354 g/mol. The molecule has 0 aliphatic carbocycles. The van der Waals surface area contributed by atoms with Crippen LogP contribution in [0, 0.1) is 11.3 Å². The minimum atomic E-state index is -0.0477. The van der Waals surface area contributed by atoms with E-state index in [-0.39, 0.29) is 18.4 Å². The van der Waals surface area contributed by atoms with Gasteiger partial charge in [-0.15, -0.1) is 0 Å². The molecular formula is C21H23N5O2. The summed E-state index contributed by atoms with van der Waals surface area (Å²) in [6.45, 7) is 3.08. The van der Waals surface area contributed by atoms with E-state index < -0.39 is 0 Å². The van der Waals surface area contributed by atoms with Gasteiger partial charge in [0.1, 0.15) is 0 Å². The zero-order valence-electron chi connectivity index (χ0n) is 15.6. The number of hydrogen-bond acceptors (Lipinski definition) is 5. The second kappa shape index (κ2) is 9.53. The number of piperazine rings is 1. The lowest BCUT2D eigenvalue weighted by Crippen LogP contribution is -2.51. The molecule has 0 bridgehead atoms. The van der Waals surface area contributed by atoms with E-state index in [9.17, 15) is 9.59 Å². The molecule has 0 atom stereocenters. The fourth-order valence-corrected chi connectivity index (χ4v) is 3.03. The standard InChI is InChI=1S/C21H23N5O2/c22-14-17-6-8-18(9-7-17)23-15-21(28)26-12-10-25(11-13-26)16-20(27)24-19-4-2-1-3-5-19/h1-9,23H,10-13,15-16H2,(H,24,27). The maximum atomic E-state index is 12.4. The molecule has 1 saturated heterocycles. The summed E-state index contributed by atoms with van der Waals surface area (Å²) in [6, 6.07) is 18.4. The topological polar surface area (TPSA) is 88.5 Å². The van der Waals surface area contributed by atoms with Crippen LogP contribution in [0.5, 0.6) is 0 Å². The van der Waals surface area contributed by atoms with Gasteiger partial charge in [0.15, 0.2) is 0 Å². The number of para-hydroxylation sites is 1. The van der Waals surface area contributed by atoms with E-state index in [0.29, 0.717) is 38.3 Å². The van der Waals surface area contributed by atoms with Crippen molar-refractivity contribution in [3.05, 3.63) is 60.2 Å². The average molecular weight is 377 g/mol. The van der Waals surface area contributed by atoms with Crippen LogP contribution in [0.25, 0.3) is 0 Å². The van der Waals surface area contributed by atoms with Crippen LogP contribution in [-0.2, 0) is 9.59 Å². The van der Waals surface area contributed by atoms with Gasteiger partial charge in [0, 0.05) is 37.6 Å². The Hall–Kier alpha value is -3.37. The lowest BCUT2D eigenvalue weighted by Gasteiger charge is -2.34. The highest BCUT2D eigenvalue weighted by Crippen LogP contribution is 2.10. The van der Waals surface area contributed by atoms with E-state index in [0.717, 1.165) is 11.4 Å². The molecule has 0 aromatic heterocycles. The molecule has 2 aromatic rings. The molecule has 1 aliphatic heterocycles. The summed E-state index contributed by atoms with van der Waals surface area (Å²) >= 11 is 0. The van der Waals surface area contributed by atoms with Crippen LogP contribution >= 0.6 is 0 Å². The van der Waals surface area contributed by atoms with Crippen molar-refractivity contribution >= 4 is 23.2 Å². The summed E-state index contributed by atoms with van der Waals surface area (Å²) in [4.78, 5) is 28.4. The Labute approximate surface area is 164 Å². The van der Waals surface area contributed by atoms with E-state index in [1.165, 1.54) is 0 Å². The number of amides is 2. The first-order valence-corrected chi connectivity index (χ1v) is 9.23. The number of nitriles is 1. The van der Waals surface area contributed by atoms with Gasteiger partial charge in [-0.05, 0) is 36.4 Å². The van der Waals surface area contributed by atoms with Crippen LogP contribution in [0.4, 0.5) is 11.4 Å². The molecule has 1 heterocycles. The van der Waals surface area contributed by atoms with Crippen molar-refractivity contribution in [2.45, 2.75) is 0 Å². The predicted octanol–water partition coefficient (Wildman–Crippen LogP) is 1.75. The minimum Gasteiger partial charge on any atom is -0.376 e. The number of hydrogen-bond donors (Lipinski definition) is 2. The van der Waals surface area contributed by atoms with E-state index >= 15 is 0 Å². The van der Waals surface area contributed by atoms with Crippen LogP contribution in [0.15, 0.2) is 54.6 Å². The van der Waals surface area contributed by atoms with Gasteiger partial charge in [-0.3, -0.25) is 14.5 Å². The number of carbonyl (C=O) groups is 2. The zero-order chi connectivity index (χ0) is 19.8. The van der Waals surface area contributed by atoms with E-state index in [4.69, 9.17) is 5.26 Å². The van der Waals surface area contributed by atoms with Gasteiger partial charge in [0.05, 0.1) is 24.7 Å². The molecule has 144 valence electrons. The van der Waals surface area contributed by atoms with E-state index in [2.05, 4.69) is 21.6 Å². The van der Waals surface area contributed by atoms with Crippen LogP contribution in [-0.4, -0.2) is 60.9 Å². The Kier molecular flexibility index (Phi) is 6.60. The molecule has 2 aromatic carbocycles. The lowest BCUT2D eigenvalue weighted by molar-refractivity contribution is -0.131. The first-order valence-electron chi connectivity index (χ1n) is 9.23. The van der Waals surface area contributed by atoms with Crippen molar-refractivity contribution in [1.82, 2.24) is 9.80 Å². The molecule has 1 fully saturated rings. The van der Waals surface area contributed by atoms with Crippen molar-refractivity contribution in [3.8, 4) is 6.07 Å². The summed E-state index contributed by atoms with van der Waals surface area (Å²) in [5, 5.41) is 14.8. The summed E-state index contributed by atoms with van der Waals surface area (Å²) in [5.41, 5.74) is 2.18. The van der Waals surface area contributed by atoms with Gasteiger partial charge in [0.2, 0.25) is 11.8 Å². The molecule has 0 spiro atoms. The third kappa shape index (κ3) is 5.56. The third-order valence-electron chi connectivity index (χ3n) is 4.61. The molecule has 0 unspecified atom stereocenters. The highest BCUT2D eigenvalue weighted by atomic mass is 16.2. The van der Waals surface area contributed by atoms with Crippen LogP contribution in [0.2, 0.25) is 0 Å². The Morgan fingerprint density at radius 1 is 0.929 bits per heavy atom. The molecule has 2 amide bonds. The predicted molar refractivity (Wildman–Crippen MR) is 108 cm³/mol. The Balaban J connectivity index is 1.38. The first-order chi connectivity index (χ1) is 13.6. The number of carbonyl (C=O) groups excluding carboxylic acids is 2. The van der Waals surface area contributed by atoms with Crippen molar-refractivity contribution in [2.24, 2.45) is 0 Å². The zero-order valence-corrected chi connectivity index (χ0v) is 15.6. The normalized spacial score (nSPS) is 14.2. The largest absolute Gasteiger partial charge is 0.376 e. The van der Waals surface area contributed by atoms with Crippen molar-refractivity contribution < 1.29 is 9.59 Å². The van der Waals surface area contributed by atoms with Gasteiger partial charge in [0.25, 0.3) is 0 Å². The highest BCUT2D eigenvalue weighted by Gasteiger charge is 2.22. The van der Waals surface area contributed by atoms with Crippen molar-refractivity contribution in [3.63, 3.8) is 0 Å². The Morgan fingerprint density at radius 2 is 1.61 bits per heavy atom. The summed E-state index contributed by atoms with van der Waals surface area (Å²) in [6.07, 6.45) is 0. The second-order valence-corrected chi connectivity index (χ2v) is 6.61. The minimum absolute atomic E-state index is 0.0257. The first kappa shape index (κ1) is 19.4. The molecule has 7 nitrogen and oxygen atoms in total. The fourth-order valence-electron chi connectivity index (χ4n) is 3.03. The number of benzene rings is 2. The summed E-state index contributed by atoms with van der Waals surface area (Å²) in [7, 11) is 0. The molecule has 28 heavy (non-hydrogen) atoms. The van der Waals surface area contributed by atoms with Crippen LogP contribution in [0.3, 0.4) is 0 Å². The van der Waals surface area contributed by atoms with E-state index in [1.54, 1.807) is 24.3 Å². The smallest absolute Gasteiger partial charge is 0.241 e. The third-order valence-corrected chi connectivity index (χ3v) is 4.61. The number of rotatable bonds is 6. The monoisotopic (exact) mass is 377 g/mol.